The predicted molar refractivity (Wildman–Crippen MR) is 64.6 cm³/mol. The Labute approximate surface area is 102 Å². The zero-order valence-corrected chi connectivity index (χ0v) is 10.4. The summed E-state index contributed by atoms with van der Waals surface area (Å²) in [5.41, 5.74) is 2.46. The summed E-state index contributed by atoms with van der Waals surface area (Å²) in [5, 5.41) is 0. The Kier molecular flexibility index (Phi) is 5.96. The summed E-state index contributed by atoms with van der Waals surface area (Å²) >= 11 is 0. The van der Waals surface area contributed by atoms with Crippen LogP contribution in [0.1, 0.15) is 11.1 Å². The third-order valence-corrected chi connectivity index (χ3v) is 2.23. The molecule has 0 amide bonds. The van der Waals surface area contributed by atoms with Crippen molar-refractivity contribution in [3.05, 3.63) is 41.9 Å². The molecule has 0 N–H and O–H groups in total. The van der Waals surface area contributed by atoms with Gasteiger partial charge in [-0.3, -0.25) is 0 Å². The van der Waals surface area contributed by atoms with E-state index in [0.717, 1.165) is 5.75 Å². The van der Waals surface area contributed by atoms with Crippen molar-refractivity contribution in [2.75, 3.05) is 20.3 Å². The van der Waals surface area contributed by atoms with Gasteiger partial charge in [0.1, 0.15) is 25.2 Å². The number of hydrogen-bond acceptors (Lipinski definition) is 4. The molecule has 94 valence electrons. The van der Waals surface area contributed by atoms with Gasteiger partial charge in [0.05, 0.1) is 7.11 Å². The molecule has 0 radical (unpaired) electrons. The Morgan fingerprint density at radius 2 is 1.88 bits per heavy atom. The largest absolute Gasteiger partial charge is 0.501 e. The lowest BCUT2D eigenvalue weighted by molar-refractivity contribution is -0.252. The van der Waals surface area contributed by atoms with E-state index < -0.39 is 0 Å². The highest BCUT2D eigenvalue weighted by Crippen LogP contribution is 2.16. The van der Waals surface area contributed by atoms with Gasteiger partial charge in [0.2, 0.25) is 0 Å². The molecule has 0 saturated carbocycles. The molecule has 0 aliphatic rings. The minimum atomic E-state index is 0.348. The van der Waals surface area contributed by atoms with Crippen LogP contribution in [0.25, 0.3) is 0 Å². The van der Waals surface area contributed by atoms with Crippen molar-refractivity contribution in [2.45, 2.75) is 13.8 Å². The van der Waals surface area contributed by atoms with E-state index >= 15 is 0 Å². The third-order valence-electron chi connectivity index (χ3n) is 2.23. The quantitative estimate of drug-likeness (QED) is 0.317. The maximum absolute atomic E-state index is 5.49. The van der Waals surface area contributed by atoms with Gasteiger partial charge in [-0.15, -0.1) is 0 Å². The van der Waals surface area contributed by atoms with Crippen LogP contribution in [0.5, 0.6) is 5.75 Å². The van der Waals surface area contributed by atoms with E-state index in [1.54, 1.807) is 0 Å². The summed E-state index contributed by atoms with van der Waals surface area (Å²) in [6.45, 7) is 4.90. The topological polar surface area (TPSA) is 36.9 Å². The Morgan fingerprint density at radius 3 is 2.59 bits per heavy atom. The number of aryl methyl sites for hydroxylation is 2. The van der Waals surface area contributed by atoms with Gasteiger partial charge >= 0.3 is 0 Å². The van der Waals surface area contributed by atoms with Crippen molar-refractivity contribution in [1.29, 1.82) is 0 Å². The van der Waals surface area contributed by atoms with Crippen molar-refractivity contribution in [3.63, 3.8) is 0 Å². The van der Waals surface area contributed by atoms with Crippen LogP contribution in [0, 0.1) is 13.8 Å². The van der Waals surface area contributed by atoms with Gasteiger partial charge in [-0.05, 0) is 37.1 Å². The molecule has 17 heavy (non-hydrogen) atoms. The molecule has 0 aliphatic carbocycles. The summed E-state index contributed by atoms with van der Waals surface area (Å²) < 4.78 is 10.1. The van der Waals surface area contributed by atoms with E-state index in [1.807, 2.05) is 18.2 Å². The predicted octanol–water partition coefficient (Wildman–Crippen LogP) is 2.75. The molecule has 0 aromatic heterocycles. The molecule has 0 heterocycles. The summed E-state index contributed by atoms with van der Waals surface area (Å²) in [5.74, 6) is 0.837. The van der Waals surface area contributed by atoms with Gasteiger partial charge in [0.25, 0.3) is 0 Å². The van der Waals surface area contributed by atoms with Crippen LogP contribution in [0.15, 0.2) is 30.7 Å². The van der Waals surface area contributed by atoms with Crippen LogP contribution in [-0.4, -0.2) is 20.3 Å². The van der Waals surface area contributed by atoms with Crippen molar-refractivity contribution < 1.29 is 19.2 Å². The van der Waals surface area contributed by atoms with Crippen molar-refractivity contribution >= 4 is 0 Å². The number of rotatable bonds is 7. The molecule has 1 aromatic carbocycles. The smallest absolute Gasteiger partial charge is 0.163 e. The summed E-state index contributed by atoms with van der Waals surface area (Å²) in [6.07, 6.45) is 2.69. The minimum absolute atomic E-state index is 0.348. The molecule has 4 heteroatoms. The van der Waals surface area contributed by atoms with Crippen LogP contribution < -0.4 is 4.74 Å². The van der Waals surface area contributed by atoms with Gasteiger partial charge in [0, 0.05) is 0 Å². The van der Waals surface area contributed by atoms with E-state index in [-0.39, 0.29) is 0 Å². The van der Waals surface area contributed by atoms with Crippen LogP contribution >= 0.6 is 0 Å². The van der Waals surface area contributed by atoms with Gasteiger partial charge in [-0.2, -0.15) is 4.89 Å². The molecule has 0 aliphatic heterocycles. The van der Waals surface area contributed by atoms with Gasteiger partial charge < -0.3 is 14.4 Å². The summed E-state index contributed by atoms with van der Waals surface area (Å²) in [7, 11) is 1.53. The third kappa shape index (κ3) is 5.26. The lowest BCUT2D eigenvalue weighted by Crippen LogP contribution is -2.05. The number of ether oxygens (including phenoxy) is 2. The van der Waals surface area contributed by atoms with Crippen molar-refractivity contribution in [2.24, 2.45) is 0 Å². The second-order valence-corrected chi connectivity index (χ2v) is 3.52. The Hall–Kier alpha value is -1.68. The standard InChI is InChI=1S/C13H18O4/c1-11-4-5-13(10-12(11)2)15-7-9-17-16-8-6-14-3/h4-6,8,10H,7,9H2,1-3H3/b8-6+. The molecule has 0 spiro atoms. The Morgan fingerprint density at radius 1 is 1.06 bits per heavy atom. The fourth-order valence-electron chi connectivity index (χ4n) is 1.16. The summed E-state index contributed by atoms with van der Waals surface area (Å²) in [6, 6.07) is 5.97. The van der Waals surface area contributed by atoms with Crippen LogP contribution in [0.3, 0.4) is 0 Å². The molecule has 0 unspecified atom stereocenters. The first-order valence-electron chi connectivity index (χ1n) is 5.40. The van der Waals surface area contributed by atoms with E-state index in [0.29, 0.717) is 13.2 Å². The average Bonchev–Trinajstić information content (AvgIpc) is 2.32. The minimum Gasteiger partial charge on any atom is -0.501 e. The first-order chi connectivity index (χ1) is 8.24. The molecule has 1 aromatic rings. The normalized spacial score (nSPS) is 10.5. The van der Waals surface area contributed by atoms with Crippen molar-refractivity contribution in [1.82, 2.24) is 0 Å². The first kappa shape index (κ1) is 13.4. The van der Waals surface area contributed by atoms with Crippen LogP contribution in [0.4, 0.5) is 0 Å². The number of methoxy groups -OCH3 is 1. The fourth-order valence-corrected chi connectivity index (χ4v) is 1.16. The molecule has 1 rings (SSSR count). The molecule has 0 saturated heterocycles. The van der Waals surface area contributed by atoms with Crippen molar-refractivity contribution in [3.8, 4) is 5.75 Å². The molecule has 0 fully saturated rings. The zero-order valence-electron chi connectivity index (χ0n) is 10.4. The van der Waals surface area contributed by atoms with Gasteiger partial charge in [-0.25, -0.2) is 0 Å². The molecular weight excluding hydrogens is 220 g/mol. The van der Waals surface area contributed by atoms with E-state index in [1.165, 1.54) is 30.8 Å². The average molecular weight is 238 g/mol. The highest BCUT2D eigenvalue weighted by molar-refractivity contribution is 5.33. The van der Waals surface area contributed by atoms with E-state index in [9.17, 15) is 0 Å². The maximum atomic E-state index is 5.49. The highest BCUT2D eigenvalue weighted by atomic mass is 17.2. The lowest BCUT2D eigenvalue weighted by atomic mass is 10.1. The SMILES string of the molecule is CO/C=C/OOCCOc1ccc(C)c(C)c1. The fraction of sp³-hybridized carbons (Fsp3) is 0.385. The highest BCUT2D eigenvalue weighted by Gasteiger charge is 1.97. The first-order valence-corrected chi connectivity index (χ1v) is 5.40. The molecule has 0 bridgehead atoms. The number of benzene rings is 1. The second kappa shape index (κ2) is 7.57. The van der Waals surface area contributed by atoms with Crippen LogP contribution in [-0.2, 0) is 14.5 Å². The summed E-state index contributed by atoms with van der Waals surface area (Å²) in [4.78, 5) is 9.49. The Bertz CT molecular complexity index is 360. The Balaban J connectivity index is 2.18. The molecular formula is C13H18O4. The number of hydrogen-bond donors (Lipinski definition) is 0. The van der Waals surface area contributed by atoms with Gasteiger partial charge in [-0.1, -0.05) is 6.07 Å². The van der Waals surface area contributed by atoms with Crippen LogP contribution in [0.2, 0.25) is 0 Å². The molecule has 0 atom stereocenters. The monoisotopic (exact) mass is 238 g/mol. The zero-order chi connectivity index (χ0) is 12.5. The van der Waals surface area contributed by atoms with E-state index in [2.05, 4.69) is 23.5 Å². The maximum Gasteiger partial charge on any atom is 0.163 e. The van der Waals surface area contributed by atoms with Gasteiger partial charge in [0.15, 0.2) is 6.26 Å². The molecule has 4 nitrogen and oxygen atoms in total. The lowest BCUT2D eigenvalue weighted by Gasteiger charge is -2.07. The second-order valence-electron chi connectivity index (χ2n) is 3.52. The van der Waals surface area contributed by atoms with E-state index in [4.69, 9.17) is 9.62 Å².